The van der Waals surface area contributed by atoms with Crippen molar-refractivity contribution in [2.24, 2.45) is 10.9 Å². The molecule has 21 heavy (non-hydrogen) atoms. The van der Waals surface area contributed by atoms with Crippen molar-refractivity contribution in [1.29, 1.82) is 0 Å². The highest BCUT2D eigenvalue weighted by Gasteiger charge is 2.14. The largest absolute Gasteiger partial charge is 0.381 e. The van der Waals surface area contributed by atoms with Gasteiger partial charge in [-0.25, -0.2) is 0 Å². The number of hydrogen-bond acceptors (Lipinski definition) is 4. The highest BCUT2D eigenvalue weighted by molar-refractivity contribution is 5.79. The number of aliphatic imine (C=N–C) groups is 1. The molecule has 0 spiro atoms. The molecule has 0 radical (unpaired) electrons. The van der Waals surface area contributed by atoms with Crippen LogP contribution in [0.4, 0.5) is 0 Å². The third-order valence-electron chi connectivity index (χ3n) is 3.18. The molecule has 6 heteroatoms. The second-order valence-corrected chi connectivity index (χ2v) is 5.04. The Balaban J connectivity index is 2.03. The number of ether oxygens (including phenoxy) is 3. The summed E-state index contributed by atoms with van der Waals surface area (Å²) < 4.78 is 16.3. The number of hydrogen-bond donors (Lipinski definition) is 2. The molecular formula is C15H31N3O3. The first-order valence-corrected chi connectivity index (χ1v) is 8.12. The van der Waals surface area contributed by atoms with Gasteiger partial charge >= 0.3 is 0 Å². The Kier molecular flexibility index (Phi) is 11.1. The summed E-state index contributed by atoms with van der Waals surface area (Å²) in [7, 11) is 0. The normalized spacial score (nSPS) is 19.0. The van der Waals surface area contributed by atoms with E-state index in [1.54, 1.807) is 0 Å². The molecule has 1 rings (SSSR count). The molecule has 0 aromatic rings. The topological polar surface area (TPSA) is 64.1 Å². The van der Waals surface area contributed by atoms with Crippen LogP contribution in [0.15, 0.2) is 4.99 Å². The highest BCUT2D eigenvalue weighted by Crippen LogP contribution is 2.12. The van der Waals surface area contributed by atoms with E-state index in [9.17, 15) is 0 Å². The summed E-state index contributed by atoms with van der Waals surface area (Å²) in [5.74, 6) is 1.44. The molecule has 1 aliphatic rings. The Morgan fingerprint density at radius 1 is 1.24 bits per heavy atom. The molecule has 0 saturated carbocycles. The lowest BCUT2D eigenvalue weighted by molar-refractivity contribution is 0.0893. The molecule has 1 saturated heterocycles. The smallest absolute Gasteiger partial charge is 0.191 e. The van der Waals surface area contributed by atoms with E-state index >= 15 is 0 Å². The lowest BCUT2D eigenvalue weighted by Gasteiger charge is -2.11. The summed E-state index contributed by atoms with van der Waals surface area (Å²) in [5, 5.41) is 6.47. The molecule has 6 nitrogen and oxygen atoms in total. The highest BCUT2D eigenvalue weighted by atomic mass is 16.5. The summed E-state index contributed by atoms with van der Waals surface area (Å²) in [6.45, 7) is 11.2. The second-order valence-electron chi connectivity index (χ2n) is 5.04. The predicted octanol–water partition coefficient (Wildman–Crippen LogP) is 1.02. The molecule has 124 valence electrons. The number of rotatable bonds is 11. The van der Waals surface area contributed by atoms with E-state index in [4.69, 9.17) is 14.2 Å². The first kappa shape index (κ1) is 18.2. The zero-order chi connectivity index (χ0) is 15.2. The van der Waals surface area contributed by atoms with Crippen LogP contribution in [0, 0.1) is 5.92 Å². The summed E-state index contributed by atoms with van der Waals surface area (Å²) >= 11 is 0. The van der Waals surface area contributed by atoms with E-state index in [-0.39, 0.29) is 0 Å². The van der Waals surface area contributed by atoms with Crippen molar-refractivity contribution in [1.82, 2.24) is 10.6 Å². The van der Waals surface area contributed by atoms with Gasteiger partial charge in [-0.2, -0.15) is 0 Å². The Morgan fingerprint density at radius 2 is 2.14 bits per heavy atom. The SMILES string of the molecule is CCNC(=NCCCOCC1CCOC1)NCCOCC. The minimum atomic E-state index is 0.589. The van der Waals surface area contributed by atoms with Crippen LogP contribution >= 0.6 is 0 Å². The maximum atomic E-state index is 5.66. The Bertz CT molecular complexity index is 269. The van der Waals surface area contributed by atoms with Gasteiger partial charge in [-0.05, 0) is 26.7 Å². The minimum absolute atomic E-state index is 0.589. The van der Waals surface area contributed by atoms with Gasteiger partial charge in [0.2, 0.25) is 0 Å². The van der Waals surface area contributed by atoms with Gasteiger partial charge in [-0.1, -0.05) is 0 Å². The number of nitrogens with zero attached hydrogens (tertiary/aromatic N) is 1. The van der Waals surface area contributed by atoms with Gasteiger partial charge < -0.3 is 24.8 Å². The molecule has 2 N–H and O–H groups in total. The number of nitrogens with one attached hydrogen (secondary N) is 2. The summed E-state index contributed by atoms with van der Waals surface area (Å²) in [4.78, 5) is 4.51. The van der Waals surface area contributed by atoms with Gasteiger partial charge in [-0.3, -0.25) is 4.99 Å². The summed E-state index contributed by atoms with van der Waals surface area (Å²) in [6, 6.07) is 0. The molecule has 0 aromatic carbocycles. The van der Waals surface area contributed by atoms with Crippen molar-refractivity contribution in [3.05, 3.63) is 0 Å². The Labute approximate surface area is 128 Å². The van der Waals surface area contributed by atoms with Crippen LogP contribution in [0.1, 0.15) is 26.7 Å². The monoisotopic (exact) mass is 301 g/mol. The molecule has 1 atom stereocenters. The Hall–Kier alpha value is -0.850. The zero-order valence-electron chi connectivity index (χ0n) is 13.5. The average Bonchev–Trinajstić information content (AvgIpc) is 3.00. The minimum Gasteiger partial charge on any atom is -0.381 e. The van der Waals surface area contributed by atoms with E-state index in [1.807, 2.05) is 6.92 Å². The lowest BCUT2D eigenvalue weighted by atomic mass is 10.1. The van der Waals surface area contributed by atoms with E-state index in [2.05, 4.69) is 22.5 Å². The predicted molar refractivity (Wildman–Crippen MR) is 84.8 cm³/mol. The fourth-order valence-electron chi connectivity index (χ4n) is 2.05. The maximum Gasteiger partial charge on any atom is 0.191 e. The molecule has 1 unspecified atom stereocenters. The van der Waals surface area contributed by atoms with E-state index < -0.39 is 0 Å². The third kappa shape index (κ3) is 9.66. The van der Waals surface area contributed by atoms with Crippen LogP contribution in [-0.4, -0.2) is 65.2 Å². The van der Waals surface area contributed by atoms with Gasteiger partial charge in [0.05, 0.1) is 19.8 Å². The lowest BCUT2D eigenvalue weighted by Crippen LogP contribution is -2.39. The van der Waals surface area contributed by atoms with E-state index in [0.717, 1.165) is 71.5 Å². The third-order valence-corrected chi connectivity index (χ3v) is 3.18. The first-order chi connectivity index (χ1) is 10.4. The molecule has 0 bridgehead atoms. The van der Waals surface area contributed by atoms with Crippen LogP contribution in [-0.2, 0) is 14.2 Å². The summed E-state index contributed by atoms with van der Waals surface area (Å²) in [6.07, 6.45) is 2.07. The van der Waals surface area contributed by atoms with Gasteiger partial charge in [0.15, 0.2) is 5.96 Å². The molecule has 0 amide bonds. The van der Waals surface area contributed by atoms with E-state index in [0.29, 0.717) is 12.5 Å². The van der Waals surface area contributed by atoms with Crippen LogP contribution in [0.3, 0.4) is 0 Å². The van der Waals surface area contributed by atoms with Gasteiger partial charge in [0, 0.05) is 45.4 Å². The standard InChI is InChI=1S/C15H31N3O3/c1-3-16-15(18-8-11-19-4-2)17-7-5-9-20-12-14-6-10-21-13-14/h14H,3-13H2,1-2H3,(H2,16,17,18). The van der Waals surface area contributed by atoms with E-state index in [1.165, 1.54) is 0 Å². The van der Waals surface area contributed by atoms with Crippen molar-refractivity contribution in [2.75, 3.05) is 59.3 Å². The second kappa shape index (κ2) is 12.9. The molecule has 0 aromatic heterocycles. The fraction of sp³-hybridized carbons (Fsp3) is 0.933. The van der Waals surface area contributed by atoms with Crippen LogP contribution in [0.25, 0.3) is 0 Å². The molecular weight excluding hydrogens is 270 g/mol. The van der Waals surface area contributed by atoms with Gasteiger partial charge in [-0.15, -0.1) is 0 Å². The molecule has 1 heterocycles. The molecule has 0 aliphatic carbocycles. The van der Waals surface area contributed by atoms with Crippen molar-refractivity contribution in [3.63, 3.8) is 0 Å². The Morgan fingerprint density at radius 3 is 2.86 bits per heavy atom. The van der Waals surface area contributed by atoms with Crippen molar-refractivity contribution in [2.45, 2.75) is 26.7 Å². The molecule has 1 fully saturated rings. The van der Waals surface area contributed by atoms with Crippen molar-refractivity contribution in [3.8, 4) is 0 Å². The van der Waals surface area contributed by atoms with Crippen LogP contribution < -0.4 is 10.6 Å². The molecule has 1 aliphatic heterocycles. The first-order valence-electron chi connectivity index (χ1n) is 8.12. The van der Waals surface area contributed by atoms with Crippen molar-refractivity contribution >= 4 is 5.96 Å². The maximum absolute atomic E-state index is 5.66. The van der Waals surface area contributed by atoms with Crippen LogP contribution in [0.2, 0.25) is 0 Å². The van der Waals surface area contributed by atoms with Crippen molar-refractivity contribution < 1.29 is 14.2 Å². The van der Waals surface area contributed by atoms with Crippen LogP contribution in [0.5, 0.6) is 0 Å². The fourth-order valence-corrected chi connectivity index (χ4v) is 2.05. The van der Waals surface area contributed by atoms with Gasteiger partial charge in [0.1, 0.15) is 0 Å². The van der Waals surface area contributed by atoms with Gasteiger partial charge in [0.25, 0.3) is 0 Å². The summed E-state index contributed by atoms with van der Waals surface area (Å²) in [5.41, 5.74) is 0. The zero-order valence-corrected chi connectivity index (χ0v) is 13.5. The average molecular weight is 301 g/mol. The quantitative estimate of drug-likeness (QED) is 0.339. The number of guanidine groups is 1.